The Morgan fingerprint density at radius 1 is 1.26 bits per heavy atom. The Balaban J connectivity index is 1.70. The summed E-state index contributed by atoms with van der Waals surface area (Å²) in [6.07, 6.45) is 1.01. The first-order valence-corrected chi connectivity index (χ1v) is 7.02. The number of ether oxygens (including phenoxy) is 3. The molecule has 1 aromatic rings. The van der Waals surface area contributed by atoms with Crippen LogP contribution in [0.15, 0.2) is 24.3 Å². The second-order valence-electron chi connectivity index (χ2n) is 4.55. The lowest BCUT2D eigenvalue weighted by atomic mass is 10.1. The molecule has 4 nitrogen and oxygen atoms in total. The Kier molecular flexibility index (Phi) is 5.63. The van der Waals surface area contributed by atoms with Gasteiger partial charge in [-0.25, -0.2) is 0 Å². The number of fused-ring (bicyclic) bond motifs is 1. The lowest BCUT2D eigenvalue weighted by Gasteiger charge is -2.19. The maximum absolute atomic E-state index is 5.86. The molecule has 2 rings (SSSR count). The van der Waals surface area contributed by atoms with Crippen LogP contribution in [0.5, 0.6) is 5.75 Å². The van der Waals surface area contributed by atoms with Gasteiger partial charge in [-0.05, 0) is 25.5 Å². The van der Waals surface area contributed by atoms with Crippen LogP contribution in [0.1, 0.15) is 19.4 Å². The van der Waals surface area contributed by atoms with Crippen LogP contribution < -0.4 is 10.1 Å². The quantitative estimate of drug-likeness (QED) is 0.730. The zero-order valence-corrected chi connectivity index (χ0v) is 11.7. The first-order valence-electron chi connectivity index (χ1n) is 7.02. The van der Waals surface area contributed by atoms with Crippen molar-refractivity contribution in [1.82, 2.24) is 5.32 Å². The molecule has 0 aliphatic carbocycles. The lowest BCUT2D eigenvalue weighted by Crippen LogP contribution is -2.37. The predicted molar refractivity (Wildman–Crippen MR) is 74.5 cm³/mol. The van der Waals surface area contributed by atoms with Crippen molar-refractivity contribution in [2.24, 2.45) is 0 Å². The molecule has 0 spiro atoms. The number of rotatable bonds is 8. The number of hydrogen-bond donors (Lipinski definition) is 1. The normalized spacial score (nSPS) is 17.5. The minimum atomic E-state index is -0.168. The van der Waals surface area contributed by atoms with E-state index in [2.05, 4.69) is 17.4 Å². The van der Waals surface area contributed by atoms with Crippen molar-refractivity contribution in [1.29, 1.82) is 0 Å². The maximum atomic E-state index is 5.86. The van der Waals surface area contributed by atoms with Gasteiger partial charge in [-0.3, -0.25) is 0 Å². The molecular weight excluding hydrogens is 242 g/mol. The Morgan fingerprint density at radius 3 is 2.68 bits per heavy atom. The zero-order valence-electron chi connectivity index (χ0n) is 11.7. The Morgan fingerprint density at radius 2 is 2.00 bits per heavy atom. The van der Waals surface area contributed by atoms with E-state index in [1.54, 1.807) is 0 Å². The highest BCUT2D eigenvalue weighted by molar-refractivity contribution is 5.37. The van der Waals surface area contributed by atoms with Gasteiger partial charge in [0.2, 0.25) is 0 Å². The van der Waals surface area contributed by atoms with Gasteiger partial charge in [0.25, 0.3) is 0 Å². The van der Waals surface area contributed by atoms with E-state index in [-0.39, 0.29) is 12.4 Å². The fraction of sp³-hybridized carbons (Fsp3) is 0.600. The van der Waals surface area contributed by atoms with Gasteiger partial charge in [-0.2, -0.15) is 0 Å². The summed E-state index contributed by atoms with van der Waals surface area (Å²) in [7, 11) is 0. The molecule has 1 aliphatic heterocycles. The zero-order chi connectivity index (χ0) is 13.5. The molecule has 1 heterocycles. The summed E-state index contributed by atoms with van der Waals surface area (Å²) < 4.78 is 16.8. The van der Waals surface area contributed by atoms with E-state index >= 15 is 0 Å². The van der Waals surface area contributed by atoms with Gasteiger partial charge in [0.05, 0.1) is 0 Å². The van der Waals surface area contributed by atoms with E-state index in [1.807, 2.05) is 26.0 Å². The summed E-state index contributed by atoms with van der Waals surface area (Å²) in [5.74, 6) is 1.01. The van der Waals surface area contributed by atoms with Crippen LogP contribution in [-0.4, -0.2) is 38.7 Å². The smallest absolute Gasteiger partial charge is 0.169 e. The minimum Gasteiger partial charge on any atom is -0.488 e. The third kappa shape index (κ3) is 4.20. The third-order valence-corrected chi connectivity index (χ3v) is 3.10. The summed E-state index contributed by atoms with van der Waals surface area (Å²) in [4.78, 5) is 0. The van der Waals surface area contributed by atoms with E-state index in [4.69, 9.17) is 14.2 Å². The topological polar surface area (TPSA) is 39.7 Å². The number of para-hydroxylation sites is 1. The Hall–Kier alpha value is -1.10. The molecule has 0 fully saturated rings. The number of hydrogen-bond acceptors (Lipinski definition) is 4. The standard InChI is InChI=1S/C15H23NO3/c1-3-17-15(18-4-2)11-16-10-13-9-12-7-5-6-8-14(12)19-13/h5-8,13,15-16H,3-4,9-11H2,1-2H3. The SMILES string of the molecule is CCOC(CNCC1Cc2ccccc2O1)OCC. The van der Waals surface area contributed by atoms with Crippen LogP contribution >= 0.6 is 0 Å². The molecule has 1 aromatic carbocycles. The van der Waals surface area contributed by atoms with Crippen LogP contribution in [0, 0.1) is 0 Å². The van der Waals surface area contributed by atoms with Crippen molar-refractivity contribution in [3.63, 3.8) is 0 Å². The molecule has 0 aromatic heterocycles. The fourth-order valence-electron chi connectivity index (χ4n) is 2.27. The van der Waals surface area contributed by atoms with Gasteiger partial charge >= 0.3 is 0 Å². The Labute approximate surface area is 115 Å². The number of benzene rings is 1. The minimum absolute atomic E-state index is 0.168. The predicted octanol–water partition coefficient (Wildman–Crippen LogP) is 1.98. The van der Waals surface area contributed by atoms with Crippen molar-refractivity contribution < 1.29 is 14.2 Å². The second-order valence-corrected chi connectivity index (χ2v) is 4.55. The van der Waals surface area contributed by atoms with Gasteiger partial charge in [-0.1, -0.05) is 18.2 Å². The monoisotopic (exact) mass is 265 g/mol. The van der Waals surface area contributed by atoms with Crippen molar-refractivity contribution in [2.75, 3.05) is 26.3 Å². The van der Waals surface area contributed by atoms with Crippen LogP contribution in [0.3, 0.4) is 0 Å². The average molecular weight is 265 g/mol. The molecule has 1 unspecified atom stereocenters. The lowest BCUT2D eigenvalue weighted by molar-refractivity contribution is -0.133. The molecule has 1 N–H and O–H groups in total. The molecule has 19 heavy (non-hydrogen) atoms. The average Bonchev–Trinajstić information content (AvgIpc) is 2.82. The highest BCUT2D eigenvalue weighted by Crippen LogP contribution is 2.27. The van der Waals surface area contributed by atoms with Gasteiger partial charge < -0.3 is 19.5 Å². The second kappa shape index (κ2) is 7.48. The molecule has 0 bridgehead atoms. The maximum Gasteiger partial charge on any atom is 0.169 e. The summed E-state index contributed by atoms with van der Waals surface area (Å²) in [6, 6.07) is 8.21. The molecule has 0 saturated heterocycles. The molecule has 0 amide bonds. The van der Waals surface area contributed by atoms with Crippen molar-refractivity contribution in [2.45, 2.75) is 32.7 Å². The van der Waals surface area contributed by atoms with Crippen LogP contribution in [-0.2, 0) is 15.9 Å². The van der Waals surface area contributed by atoms with Crippen molar-refractivity contribution in [3.8, 4) is 5.75 Å². The van der Waals surface area contributed by atoms with Crippen molar-refractivity contribution in [3.05, 3.63) is 29.8 Å². The highest BCUT2D eigenvalue weighted by atomic mass is 16.7. The fourth-order valence-corrected chi connectivity index (χ4v) is 2.27. The van der Waals surface area contributed by atoms with Crippen LogP contribution in [0.4, 0.5) is 0 Å². The molecule has 0 saturated carbocycles. The van der Waals surface area contributed by atoms with Gasteiger partial charge in [0.15, 0.2) is 6.29 Å². The molecule has 1 atom stereocenters. The van der Waals surface area contributed by atoms with Gasteiger partial charge in [0.1, 0.15) is 11.9 Å². The highest BCUT2D eigenvalue weighted by Gasteiger charge is 2.22. The molecule has 1 aliphatic rings. The van der Waals surface area contributed by atoms with E-state index in [0.717, 1.165) is 18.7 Å². The van der Waals surface area contributed by atoms with Crippen LogP contribution in [0.25, 0.3) is 0 Å². The molecule has 4 heteroatoms. The first kappa shape index (κ1) is 14.3. The molecule has 106 valence electrons. The van der Waals surface area contributed by atoms with Gasteiger partial charge in [-0.15, -0.1) is 0 Å². The summed E-state index contributed by atoms with van der Waals surface area (Å²) >= 11 is 0. The molecule has 0 radical (unpaired) electrons. The third-order valence-electron chi connectivity index (χ3n) is 3.10. The summed E-state index contributed by atoms with van der Waals surface area (Å²) in [6.45, 7) is 6.78. The van der Waals surface area contributed by atoms with Crippen LogP contribution in [0.2, 0.25) is 0 Å². The van der Waals surface area contributed by atoms with E-state index in [1.165, 1.54) is 5.56 Å². The largest absolute Gasteiger partial charge is 0.488 e. The van der Waals surface area contributed by atoms with E-state index < -0.39 is 0 Å². The van der Waals surface area contributed by atoms with E-state index in [0.29, 0.717) is 19.8 Å². The van der Waals surface area contributed by atoms with E-state index in [9.17, 15) is 0 Å². The Bertz CT molecular complexity index is 352. The summed E-state index contributed by atoms with van der Waals surface area (Å²) in [5, 5.41) is 3.36. The number of nitrogens with one attached hydrogen (secondary N) is 1. The van der Waals surface area contributed by atoms with Gasteiger partial charge in [0, 0.05) is 32.7 Å². The van der Waals surface area contributed by atoms with Crippen molar-refractivity contribution >= 4 is 0 Å². The molecular formula is C15H23NO3. The summed E-state index contributed by atoms with van der Waals surface area (Å²) in [5.41, 5.74) is 1.29. The first-order chi connectivity index (χ1) is 9.33.